The molecule has 3 rings (SSSR count). The molecule has 1 radical (unpaired) electrons. The summed E-state index contributed by atoms with van der Waals surface area (Å²) in [6.45, 7) is 4.56. The molecule has 0 aliphatic heterocycles. The Morgan fingerprint density at radius 3 is 2.11 bits per heavy atom. The number of rotatable bonds is 0. The zero-order valence-electron chi connectivity index (χ0n) is 6.20. The van der Waals surface area contributed by atoms with Crippen molar-refractivity contribution in [1.82, 2.24) is 0 Å². The summed E-state index contributed by atoms with van der Waals surface area (Å²) in [6, 6.07) is 0. The number of fused-ring (bicyclic) bond motifs is 1. The molecule has 0 N–H and O–H groups in total. The minimum absolute atomic E-state index is 1.05. The summed E-state index contributed by atoms with van der Waals surface area (Å²) < 4.78 is 0. The van der Waals surface area contributed by atoms with Gasteiger partial charge in [0.2, 0.25) is 0 Å². The van der Waals surface area contributed by atoms with Gasteiger partial charge in [-0.3, -0.25) is 0 Å². The Hall–Kier alpha value is -0.260. The largest absolute Gasteiger partial charge is 0.0735 e. The third kappa shape index (κ3) is 0.654. The zero-order valence-corrected chi connectivity index (χ0v) is 6.20. The van der Waals surface area contributed by atoms with Gasteiger partial charge in [0.25, 0.3) is 0 Å². The molecule has 0 heterocycles. The molecule has 0 atom stereocenters. The van der Waals surface area contributed by atoms with Crippen molar-refractivity contribution < 1.29 is 0 Å². The van der Waals surface area contributed by atoms with Crippen LogP contribution in [0.25, 0.3) is 0 Å². The SMILES string of the molecule is CC1=C(C)[C]2CC(C2)C1. The maximum atomic E-state index is 2.28. The van der Waals surface area contributed by atoms with Crippen LogP contribution in [-0.2, 0) is 0 Å². The smallest absolute Gasteiger partial charge is 0.00110 e. The Kier molecular flexibility index (Phi) is 0.992. The van der Waals surface area contributed by atoms with Gasteiger partial charge in [0.1, 0.15) is 0 Å². The van der Waals surface area contributed by atoms with E-state index in [-0.39, 0.29) is 0 Å². The van der Waals surface area contributed by atoms with Gasteiger partial charge in [-0.25, -0.2) is 0 Å². The van der Waals surface area contributed by atoms with Crippen LogP contribution in [0.2, 0.25) is 0 Å². The minimum atomic E-state index is 1.05. The summed E-state index contributed by atoms with van der Waals surface area (Å²) in [5.41, 5.74) is 3.27. The van der Waals surface area contributed by atoms with E-state index < -0.39 is 0 Å². The highest BCUT2D eigenvalue weighted by molar-refractivity contribution is 5.36. The van der Waals surface area contributed by atoms with Crippen LogP contribution in [0.3, 0.4) is 0 Å². The first kappa shape index (κ1) is 5.52. The fourth-order valence-electron chi connectivity index (χ4n) is 1.98. The fraction of sp³-hybridized carbons (Fsp3) is 0.667. The lowest BCUT2D eigenvalue weighted by molar-refractivity contribution is 0.338. The van der Waals surface area contributed by atoms with Gasteiger partial charge in [-0.05, 0) is 39.0 Å². The number of allylic oxidation sites excluding steroid dienone is 2. The van der Waals surface area contributed by atoms with Gasteiger partial charge in [0, 0.05) is 5.92 Å². The van der Waals surface area contributed by atoms with Crippen LogP contribution >= 0.6 is 0 Å². The van der Waals surface area contributed by atoms with Gasteiger partial charge >= 0.3 is 0 Å². The van der Waals surface area contributed by atoms with Crippen LogP contribution in [0.1, 0.15) is 33.1 Å². The first-order chi connectivity index (χ1) is 4.27. The van der Waals surface area contributed by atoms with E-state index in [0.717, 1.165) is 5.92 Å². The molecule has 49 valence electrons. The quantitative estimate of drug-likeness (QED) is 0.462. The molecule has 3 aliphatic rings. The second-order valence-electron chi connectivity index (χ2n) is 3.49. The molecule has 0 aromatic heterocycles. The van der Waals surface area contributed by atoms with Gasteiger partial charge in [0.05, 0.1) is 0 Å². The number of hydrogen-bond acceptors (Lipinski definition) is 0. The summed E-state index contributed by atoms with van der Waals surface area (Å²) in [5.74, 6) is 2.78. The molecule has 0 unspecified atom stereocenters. The van der Waals surface area contributed by atoms with Crippen molar-refractivity contribution in [3.8, 4) is 0 Å². The van der Waals surface area contributed by atoms with Gasteiger partial charge in [-0.2, -0.15) is 0 Å². The van der Waals surface area contributed by atoms with Crippen molar-refractivity contribution in [2.45, 2.75) is 33.1 Å². The summed E-state index contributed by atoms with van der Waals surface area (Å²) in [7, 11) is 0. The van der Waals surface area contributed by atoms with E-state index in [1.54, 1.807) is 17.1 Å². The Bertz CT molecular complexity index is 159. The van der Waals surface area contributed by atoms with Crippen molar-refractivity contribution in [2.75, 3.05) is 0 Å². The minimum Gasteiger partial charge on any atom is -0.0735 e. The molecule has 0 saturated heterocycles. The van der Waals surface area contributed by atoms with Gasteiger partial charge in [0.15, 0.2) is 0 Å². The molecule has 1 fully saturated rings. The summed E-state index contributed by atoms with van der Waals surface area (Å²) in [4.78, 5) is 0. The van der Waals surface area contributed by atoms with Crippen molar-refractivity contribution in [1.29, 1.82) is 0 Å². The average Bonchev–Trinajstić information content (AvgIpc) is 1.72. The average molecular weight is 121 g/mol. The lowest BCUT2D eigenvalue weighted by Gasteiger charge is -2.42. The molecule has 0 aromatic rings. The van der Waals surface area contributed by atoms with Crippen LogP contribution in [0.15, 0.2) is 11.1 Å². The molecule has 9 heavy (non-hydrogen) atoms. The van der Waals surface area contributed by atoms with Crippen molar-refractivity contribution in [3.05, 3.63) is 17.1 Å². The maximum absolute atomic E-state index is 2.28. The second-order valence-corrected chi connectivity index (χ2v) is 3.49. The molecule has 0 aromatic carbocycles. The van der Waals surface area contributed by atoms with E-state index >= 15 is 0 Å². The molecule has 1 saturated carbocycles. The summed E-state index contributed by atoms with van der Waals surface area (Å²) >= 11 is 0. The van der Waals surface area contributed by atoms with Crippen molar-refractivity contribution in [2.24, 2.45) is 5.92 Å². The van der Waals surface area contributed by atoms with E-state index in [1.807, 2.05) is 0 Å². The van der Waals surface area contributed by atoms with E-state index in [0.29, 0.717) is 0 Å². The van der Waals surface area contributed by atoms with Crippen LogP contribution < -0.4 is 0 Å². The Labute approximate surface area is 57.0 Å². The fourth-order valence-corrected chi connectivity index (χ4v) is 1.98. The second kappa shape index (κ2) is 1.62. The van der Waals surface area contributed by atoms with E-state index in [2.05, 4.69) is 13.8 Å². The molecule has 3 aliphatic carbocycles. The lowest BCUT2D eigenvalue weighted by Crippen LogP contribution is -2.28. The van der Waals surface area contributed by atoms with Gasteiger partial charge < -0.3 is 0 Å². The van der Waals surface area contributed by atoms with Crippen LogP contribution in [0.5, 0.6) is 0 Å². The molecule has 0 nitrogen and oxygen atoms in total. The Morgan fingerprint density at radius 2 is 1.78 bits per heavy atom. The van der Waals surface area contributed by atoms with E-state index in [4.69, 9.17) is 0 Å². The zero-order chi connectivity index (χ0) is 6.43. The topological polar surface area (TPSA) is 0 Å². The first-order valence-electron chi connectivity index (χ1n) is 3.79. The summed E-state index contributed by atoms with van der Waals surface area (Å²) in [6.07, 6.45) is 4.22. The van der Waals surface area contributed by atoms with E-state index in [1.165, 1.54) is 19.3 Å². The highest BCUT2D eigenvalue weighted by Crippen LogP contribution is 2.49. The van der Waals surface area contributed by atoms with Crippen molar-refractivity contribution >= 4 is 0 Å². The normalized spacial score (nSPS) is 28.7. The highest BCUT2D eigenvalue weighted by atomic mass is 14.4. The van der Waals surface area contributed by atoms with Gasteiger partial charge in [-0.1, -0.05) is 11.1 Å². The van der Waals surface area contributed by atoms with Crippen LogP contribution in [0, 0.1) is 11.8 Å². The first-order valence-corrected chi connectivity index (χ1v) is 3.79. The molecular formula is C9H13. The predicted molar refractivity (Wildman–Crippen MR) is 39.0 cm³/mol. The predicted octanol–water partition coefficient (Wildman–Crippen LogP) is 2.71. The molecule has 2 bridgehead atoms. The van der Waals surface area contributed by atoms with E-state index in [9.17, 15) is 0 Å². The third-order valence-corrected chi connectivity index (χ3v) is 2.84. The van der Waals surface area contributed by atoms with Crippen LogP contribution in [-0.4, -0.2) is 0 Å². The molecule has 0 amide bonds. The monoisotopic (exact) mass is 121 g/mol. The van der Waals surface area contributed by atoms with Crippen LogP contribution in [0.4, 0.5) is 0 Å². The Morgan fingerprint density at radius 1 is 1.11 bits per heavy atom. The third-order valence-electron chi connectivity index (χ3n) is 2.84. The maximum Gasteiger partial charge on any atom is 0.00110 e. The van der Waals surface area contributed by atoms with Crippen molar-refractivity contribution in [3.63, 3.8) is 0 Å². The Balaban J connectivity index is 2.28. The molecular weight excluding hydrogens is 108 g/mol. The molecule has 0 spiro atoms. The molecule has 0 heteroatoms. The highest BCUT2D eigenvalue weighted by Gasteiger charge is 2.35. The standard InChI is InChI=1S/C9H13/c1-6-3-8-4-9(5-8)7(6)2/h8H,3-5H2,1-2H3. The number of hydrogen-bond donors (Lipinski definition) is 0. The van der Waals surface area contributed by atoms with Gasteiger partial charge in [-0.15, -0.1) is 0 Å². The summed E-state index contributed by atoms with van der Waals surface area (Å²) in [5, 5.41) is 0. The lowest BCUT2D eigenvalue weighted by atomic mass is 9.63.